The van der Waals surface area contributed by atoms with Crippen molar-refractivity contribution in [3.63, 3.8) is 0 Å². The molecule has 3 heteroatoms. The van der Waals surface area contributed by atoms with E-state index in [4.69, 9.17) is 8.83 Å². The summed E-state index contributed by atoms with van der Waals surface area (Å²) >= 11 is 0. The van der Waals surface area contributed by atoms with Crippen LogP contribution in [0.15, 0.2) is 203 Å². The Labute approximate surface area is 349 Å². The monoisotopic (exact) mass is 771 g/mol. The Bertz CT molecular complexity index is 3400. The minimum absolute atomic E-state index is 0.120. The van der Waals surface area contributed by atoms with Gasteiger partial charge in [-0.2, -0.15) is 0 Å². The molecular weight excluding hydrogens is 731 g/mol. The number of para-hydroxylation sites is 1. The van der Waals surface area contributed by atoms with Crippen LogP contribution in [0.5, 0.6) is 0 Å². The third-order valence-electron chi connectivity index (χ3n) is 13.0. The molecule has 60 heavy (non-hydrogen) atoms. The maximum absolute atomic E-state index is 7.19. The van der Waals surface area contributed by atoms with Crippen molar-refractivity contribution in [2.24, 2.45) is 0 Å². The van der Waals surface area contributed by atoms with Gasteiger partial charge in [0.05, 0.1) is 0 Å². The first-order valence-electron chi connectivity index (χ1n) is 21.0. The van der Waals surface area contributed by atoms with Gasteiger partial charge in [0.2, 0.25) is 0 Å². The summed E-state index contributed by atoms with van der Waals surface area (Å²) < 4.78 is 13.8. The van der Waals surface area contributed by atoms with Crippen molar-refractivity contribution in [1.82, 2.24) is 0 Å². The molecule has 0 atom stereocenters. The number of furan rings is 2. The lowest BCUT2D eigenvalue weighted by Gasteiger charge is -2.31. The Kier molecular flexibility index (Phi) is 7.71. The number of allylic oxidation sites excluding steroid dienone is 4. The van der Waals surface area contributed by atoms with E-state index >= 15 is 0 Å². The Morgan fingerprint density at radius 2 is 1.12 bits per heavy atom. The Morgan fingerprint density at radius 1 is 0.450 bits per heavy atom. The predicted octanol–water partition coefficient (Wildman–Crippen LogP) is 16.0. The van der Waals surface area contributed by atoms with Gasteiger partial charge in [0.1, 0.15) is 22.3 Å². The maximum Gasteiger partial charge on any atom is 0.144 e. The summed E-state index contributed by atoms with van der Waals surface area (Å²) in [7, 11) is 0. The molecule has 0 spiro atoms. The van der Waals surface area contributed by atoms with Crippen LogP contribution in [-0.2, 0) is 5.41 Å². The molecule has 0 radical (unpaired) electrons. The third kappa shape index (κ3) is 5.29. The van der Waals surface area contributed by atoms with Gasteiger partial charge in [-0.25, -0.2) is 0 Å². The van der Waals surface area contributed by atoms with E-state index in [0.29, 0.717) is 0 Å². The lowest BCUT2D eigenvalue weighted by Crippen LogP contribution is -2.20. The highest BCUT2D eigenvalue weighted by Gasteiger charge is 2.36. The van der Waals surface area contributed by atoms with Crippen LogP contribution in [-0.4, -0.2) is 0 Å². The summed E-state index contributed by atoms with van der Waals surface area (Å²) in [6.07, 6.45) is 6.49. The summed E-state index contributed by atoms with van der Waals surface area (Å²) in [5.41, 5.74) is 19.3. The second kappa shape index (κ2) is 13.3. The van der Waals surface area contributed by atoms with Gasteiger partial charge in [0.25, 0.3) is 0 Å². The van der Waals surface area contributed by atoms with Gasteiger partial charge in [0, 0.05) is 55.7 Å². The number of hydrogen-bond donors (Lipinski definition) is 0. The predicted molar refractivity (Wildman–Crippen MR) is 250 cm³/mol. The van der Waals surface area contributed by atoms with Gasteiger partial charge in [0.15, 0.2) is 0 Å². The molecule has 2 aromatic heterocycles. The number of rotatable bonds is 6. The highest BCUT2D eigenvalue weighted by molar-refractivity contribution is 6.24. The van der Waals surface area contributed by atoms with Crippen molar-refractivity contribution < 1.29 is 8.83 Å². The Balaban J connectivity index is 1.08. The van der Waals surface area contributed by atoms with Crippen LogP contribution in [0.3, 0.4) is 0 Å². The van der Waals surface area contributed by atoms with Gasteiger partial charge in [-0.3, -0.25) is 0 Å². The SMILES string of the molecule is CC1(C)c2ccccc2-c2ccc(N(C3=CC=C(c4ccccc4)CC3)c3ccc4c(c3)oc3c(-c5ccccc5-c5ccccc5)c5c(cc34)oc3ccccc35)cc21. The molecule has 0 N–H and O–H groups in total. The van der Waals surface area contributed by atoms with Crippen LogP contribution in [0.1, 0.15) is 43.4 Å². The van der Waals surface area contributed by atoms with Crippen LogP contribution < -0.4 is 4.90 Å². The fourth-order valence-electron chi connectivity index (χ4n) is 10.1. The first-order valence-corrected chi connectivity index (χ1v) is 21.0. The molecule has 0 bridgehead atoms. The van der Waals surface area contributed by atoms with Crippen LogP contribution in [0.4, 0.5) is 11.4 Å². The topological polar surface area (TPSA) is 29.5 Å². The van der Waals surface area contributed by atoms with Gasteiger partial charge in [-0.05, 0) is 105 Å². The summed E-state index contributed by atoms with van der Waals surface area (Å²) in [5, 5.41) is 4.24. The standard InChI is InChI=1S/C57H41NO2/c1-57(2)49-23-13-11-20-43(49)44-31-29-40(33-50(44)57)58(39-27-25-37(26-28-39)36-15-5-3-6-16-36)41-30-32-45-48-35-53-54(47-22-12-14-24-51(47)59-53)55(56(48)60-52(45)34-41)46-21-10-9-19-42(46)38-17-7-4-8-18-38/h3-25,27,29-35H,26,28H2,1-2H3. The highest BCUT2D eigenvalue weighted by Crippen LogP contribution is 2.52. The van der Waals surface area contributed by atoms with E-state index in [2.05, 4.69) is 201 Å². The molecule has 0 saturated carbocycles. The second-order valence-electron chi connectivity index (χ2n) is 16.7. The van der Waals surface area contributed by atoms with Crippen LogP contribution >= 0.6 is 0 Å². The molecular formula is C57H41NO2. The zero-order chi connectivity index (χ0) is 40.0. The van der Waals surface area contributed by atoms with E-state index in [9.17, 15) is 0 Å². The summed E-state index contributed by atoms with van der Waals surface area (Å²) in [5.74, 6) is 0. The van der Waals surface area contributed by atoms with E-state index in [1.165, 1.54) is 39.1 Å². The molecule has 0 unspecified atom stereocenters. The minimum Gasteiger partial charge on any atom is -0.456 e. The Morgan fingerprint density at radius 3 is 1.92 bits per heavy atom. The first-order chi connectivity index (χ1) is 29.5. The van der Waals surface area contributed by atoms with Gasteiger partial charge >= 0.3 is 0 Å². The molecule has 2 aliphatic rings. The quantitative estimate of drug-likeness (QED) is 0.169. The number of benzene rings is 8. The molecule has 0 aliphatic heterocycles. The van der Waals surface area contributed by atoms with Crippen molar-refractivity contribution in [2.45, 2.75) is 32.1 Å². The smallest absolute Gasteiger partial charge is 0.144 e. The van der Waals surface area contributed by atoms with Gasteiger partial charge in [-0.15, -0.1) is 0 Å². The molecule has 286 valence electrons. The van der Waals surface area contributed by atoms with E-state index in [1.807, 2.05) is 6.07 Å². The van der Waals surface area contributed by atoms with Crippen molar-refractivity contribution in [1.29, 1.82) is 0 Å². The molecule has 12 rings (SSSR count). The molecule has 3 nitrogen and oxygen atoms in total. The lowest BCUT2D eigenvalue weighted by atomic mass is 9.82. The average Bonchev–Trinajstić information content (AvgIpc) is 3.93. The van der Waals surface area contributed by atoms with Crippen LogP contribution in [0.2, 0.25) is 0 Å². The van der Waals surface area contributed by atoms with Crippen LogP contribution in [0, 0.1) is 0 Å². The normalized spacial score (nSPS) is 14.4. The lowest BCUT2D eigenvalue weighted by molar-refractivity contribution is 0.660. The highest BCUT2D eigenvalue weighted by atomic mass is 16.3. The zero-order valence-electron chi connectivity index (χ0n) is 33.6. The first kappa shape index (κ1) is 34.7. The van der Waals surface area contributed by atoms with Crippen molar-refractivity contribution in [2.75, 3.05) is 4.90 Å². The molecule has 2 aliphatic carbocycles. The molecule has 0 fully saturated rings. The molecule has 0 amide bonds. The summed E-state index contributed by atoms with van der Waals surface area (Å²) in [6.45, 7) is 4.71. The Hall–Kier alpha value is -7.36. The average molecular weight is 772 g/mol. The van der Waals surface area contributed by atoms with Crippen LogP contribution in [0.25, 0.3) is 82.8 Å². The molecule has 8 aromatic carbocycles. The molecule has 2 heterocycles. The van der Waals surface area contributed by atoms with E-state index in [-0.39, 0.29) is 5.41 Å². The van der Waals surface area contributed by atoms with Crippen molar-refractivity contribution in [3.8, 4) is 33.4 Å². The van der Waals surface area contributed by atoms with E-state index < -0.39 is 0 Å². The number of nitrogens with zero attached hydrogens (tertiary/aromatic N) is 1. The zero-order valence-corrected chi connectivity index (χ0v) is 33.6. The fourth-order valence-corrected chi connectivity index (χ4v) is 10.1. The minimum atomic E-state index is -0.120. The third-order valence-corrected chi connectivity index (χ3v) is 13.0. The summed E-state index contributed by atoms with van der Waals surface area (Å²) in [4.78, 5) is 2.45. The van der Waals surface area contributed by atoms with Gasteiger partial charge in [-0.1, -0.05) is 153 Å². The number of hydrogen-bond acceptors (Lipinski definition) is 3. The van der Waals surface area contributed by atoms with E-state index in [0.717, 1.165) is 90.3 Å². The van der Waals surface area contributed by atoms with Crippen molar-refractivity contribution in [3.05, 3.63) is 210 Å². The molecule has 0 saturated heterocycles. The number of anilines is 2. The number of fused-ring (bicyclic) bond motifs is 9. The van der Waals surface area contributed by atoms with Gasteiger partial charge < -0.3 is 13.7 Å². The second-order valence-corrected chi connectivity index (χ2v) is 16.7. The largest absolute Gasteiger partial charge is 0.456 e. The van der Waals surface area contributed by atoms with E-state index in [1.54, 1.807) is 0 Å². The van der Waals surface area contributed by atoms with Crippen molar-refractivity contribution >= 4 is 60.8 Å². The fraction of sp³-hybridized carbons (Fsp3) is 0.0877. The summed E-state index contributed by atoms with van der Waals surface area (Å²) in [6, 6.07) is 63.3. The molecule has 10 aromatic rings. The maximum atomic E-state index is 7.19.